The van der Waals surface area contributed by atoms with E-state index in [1.807, 2.05) is 42.5 Å². The zero-order valence-corrected chi connectivity index (χ0v) is 26.9. The average molecular weight is 659 g/mol. The van der Waals surface area contributed by atoms with Crippen molar-refractivity contribution in [3.63, 3.8) is 0 Å². The quantitative estimate of drug-likeness (QED) is 0.257. The highest BCUT2D eigenvalue weighted by Gasteiger charge is 2.50. The van der Waals surface area contributed by atoms with E-state index in [-0.39, 0.29) is 24.9 Å². The van der Waals surface area contributed by atoms with Crippen LogP contribution in [0.3, 0.4) is 0 Å². The second-order valence-corrected chi connectivity index (χ2v) is 13.3. The summed E-state index contributed by atoms with van der Waals surface area (Å²) in [5, 5.41) is 11.4. The predicted octanol–water partition coefficient (Wildman–Crippen LogP) is 4.55. The molecule has 4 fully saturated rings. The van der Waals surface area contributed by atoms with Gasteiger partial charge in [-0.15, -0.1) is 0 Å². The maximum atomic E-state index is 12.8. The molecule has 1 N–H and O–H groups in total. The third-order valence-corrected chi connectivity index (χ3v) is 10.1. The summed E-state index contributed by atoms with van der Waals surface area (Å²) in [6.45, 7) is 4.60. The van der Waals surface area contributed by atoms with Gasteiger partial charge in [0.1, 0.15) is 40.4 Å². The number of hydrogen-bond acceptors (Lipinski definition) is 11. The number of carboxylic acids is 1. The Hall–Kier alpha value is -5.25. The summed E-state index contributed by atoms with van der Waals surface area (Å²) in [7, 11) is 0. The molecule has 12 nitrogen and oxygen atoms in total. The lowest BCUT2D eigenvalue weighted by molar-refractivity contribution is -0.228. The van der Waals surface area contributed by atoms with Crippen molar-refractivity contribution in [3.05, 3.63) is 78.0 Å². The van der Waals surface area contributed by atoms with Crippen LogP contribution in [0.4, 0.5) is 11.5 Å². The molecule has 7 heterocycles. The van der Waals surface area contributed by atoms with Gasteiger partial charge in [-0.25, -0.2) is 19.7 Å². The molecule has 1 saturated carbocycles. The lowest BCUT2D eigenvalue weighted by Crippen LogP contribution is -2.68. The van der Waals surface area contributed by atoms with Gasteiger partial charge >= 0.3 is 5.97 Å². The second kappa shape index (κ2) is 11.7. The molecule has 0 radical (unpaired) electrons. The summed E-state index contributed by atoms with van der Waals surface area (Å²) in [4.78, 5) is 35.6. The van der Waals surface area contributed by atoms with Gasteiger partial charge in [0.2, 0.25) is 5.88 Å². The van der Waals surface area contributed by atoms with Gasteiger partial charge in [-0.05, 0) is 50.1 Å². The Labute approximate surface area is 282 Å². The van der Waals surface area contributed by atoms with E-state index in [0.717, 1.165) is 40.9 Å². The summed E-state index contributed by atoms with van der Waals surface area (Å²) in [5.41, 5.74) is 3.78. The van der Waals surface area contributed by atoms with Crippen molar-refractivity contribution in [1.29, 1.82) is 0 Å². The fraction of sp³-hybridized carbons (Fsp3) is 0.378. The van der Waals surface area contributed by atoms with E-state index in [9.17, 15) is 9.90 Å². The van der Waals surface area contributed by atoms with Gasteiger partial charge in [0.05, 0.1) is 32.4 Å². The van der Waals surface area contributed by atoms with Crippen LogP contribution in [0, 0.1) is 11.8 Å². The first-order valence-electron chi connectivity index (χ1n) is 16.7. The number of fused-ring (bicyclic) bond motifs is 3. The highest BCUT2D eigenvalue weighted by Crippen LogP contribution is 2.44. The lowest BCUT2D eigenvalue weighted by Gasteiger charge is -2.53. The molecular weight excluding hydrogens is 624 g/mol. The number of benzene rings is 1. The highest BCUT2D eigenvalue weighted by atomic mass is 16.6. The minimum atomic E-state index is -0.954. The number of ether oxygens (including phenoxy) is 3. The van der Waals surface area contributed by atoms with E-state index in [4.69, 9.17) is 33.6 Å². The third-order valence-electron chi connectivity index (χ3n) is 10.1. The number of carboxylic acid groups (broad SMARTS) is 1. The van der Waals surface area contributed by atoms with Crippen LogP contribution in [0.15, 0.2) is 65.5 Å². The molecule has 248 valence electrons. The number of furan rings is 1. The second-order valence-electron chi connectivity index (χ2n) is 13.3. The molecule has 3 saturated heterocycles. The molecular formula is C37H34N6O6. The normalized spacial score (nSPS) is 23.0. The Kier molecular flexibility index (Phi) is 7.14. The fourth-order valence-corrected chi connectivity index (χ4v) is 7.11. The molecule has 5 aromatic rings. The van der Waals surface area contributed by atoms with Gasteiger partial charge in [0.15, 0.2) is 11.4 Å². The zero-order valence-electron chi connectivity index (χ0n) is 26.9. The van der Waals surface area contributed by atoms with Gasteiger partial charge in [-0.3, -0.25) is 4.98 Å². The highest BCUT2D eigenvalue weighted by molar-refractivity contribution is 6.06. The Balaban J connectivity index is 1.07. The molecule has 1 aromatic carbocycles. The number of rotatable bonds is 6. The van der Waals surface area contributed by atoms with Crippen molar-refractivity contribution in [3.8, 4) is 17.7 Å². The molecule has 3 atom stereocenters. The van der Waals surface area contributed by atoms with Gasteiger partial charge in [0.25, 0.3) is 0 Å². The van der Waals surface area contributed by atoms with Crippen LogP contribution in [-0.4, -0.2) is 87.7 Å². The summed E-state index contributed by atoms with van der Waals surface area (Å²) in [5.74, 6) is 7.34. The van der Waals surface area contributed by atoms with Crippen LogP contribution < -0.4 is 14.5 Å². The van der Waals surface area contributed by atoms with E-state index in [1.165, 1.54) is 0 Å². The number of para-hydroxylation sites is 1. The monoisotopic (exact) mass is 658 g/mol. The Bertz CT molecular complexity index is 2140. The van der Waals surface area contributed by atoms with Crippen LogP contribution in [0.25, 0.3) is 22.1 Å². The number of anilines is 2. The van der Waals surface area contributed by atoms with Crippen molar-refractivity contribution >= 4 is 39.5 Å². The molecule has 1 spiro atoms. The molecule has 12 heteroatoms. The smallest absolute Gasteiger partial charge is 0.326 e. The molecule has 49 heavy (non-hydrogen) atoms. The Morgan fingerprint density at radius 1 is 1.06 bits per heavy atom. The van der Waals surface area contributed by atoms with Crippen molar-refractivity contribution < 1.29 is 28.5 Å². The SMILES string of the molecule is C[C@@H]1N(c2cc(C#Cc3cccnc3)cnc2O[C@H]2C[C@@H](C(=O)O)N(c3nc(C4CC4)nc4c3oc3ccccc34)C2)CCOC12COC2. The van der Waals surface area contributed by atoms with Crippen LogP contribution in [0.2, 0.25) is 0 Å². The largest absolute Gasteiger partial charge is 0.480 e. The fourth-order valence-electron chi connectivity index (χ4n) is 7.11. The molecule has 9 rings (SSSR count). The lowest BCUT2D eigenvalue weighted by atomic mass is 9.90. The number of aliphatic carboxylic acids is 1. The van der Waals surface area contributed by atoms with Crippen molar-refractivity contribution in [2.75, 3.05) is 42.7 Å². The van der Waals surface area contributed by atoms with E-state index in [1.54, 1.807) is 23.5 Å². The molecule has 0 bridgehead atoms. The summed E-state index contributed by atoms with van der Waals surface area (Å²) >= 11 is 0. The van der Waals surface area contributed by atoms with E-state index >= 15 is 0 Å². The Morgan fingerprint density at radius 3 is 2.69 bits per heavy atom. The standard InChI is InChI=1S/C37H34N6O6/c1-22-37(20-46-21-37)47-14-13-42(22)28-15-24(9-8-23-5-4-12-38-17-23)18-39-35(28)48-26-16-29(36(44)45)43(19-26)34-32-31(40-33(41-34)25-10-11-25)27-6-2-3-7-30(27)49-32/h2-7,12,15,17-18,22,25-26,29H,10-11,13-14,16,19-21H2,1H3,(H,44,45)/t22-,26-,29-/m0/s1. The third kappa shape index (κ3) is 5.30. The number of pyridine rings is 2. The van der Waals surface area contributed by atoms with Crippen molar-refractivity contribution in [2.24, 2.45) is 0 Å². The van der Waals surface area contributed by atoms with Crippen LogP contribution in [-0.2, 0) is 14.3 Å². The average Bonchev–Trinajstić information content (AvgIpc) is 3.76. The van der Waals surface area contributed by atoms with E-state index < -0.39 is 23.7 Å². The van der Waals surface area contributed by atoms with E-state index in [2.05, 4.69) is 28.6 Å². The van der Waals surface area contributed by atoms with Gasteiger partial charge in [-0.2, -0.15) is 0 Å². The number of carbonyl (C=O) groups is 1. The van der Waals surface area contributed by atoms with Gasteiger partial charge < -0.3 is 33.5 Å². The molecule has 4 aromatic heterocycles. The number of hydrogen-bond donors (Lipinski definition) is 1. The van der Waals surface area contributed by atoms with Gasteiger partial charge in [-0.1, -0.05) is 24.0 Å². The van der Waals surface area contributed by atoms with Crippen molar-refractivity contribution in [1.82, 2.24) is 19.9 Å². The number of aromatic nitrogens is 4. The van der Waals surface area contributed by atoms with Crippen LogP contribution >= 0.6 is 0 Å². The Morgan fingerprint density at radius 2 is 1.92 bits per heavy atom. The summed E-state index contributed by atoms with van der Waals surface area (Å²) in [6, 6.07) is 12.6. The maximum absolute atomic E-state index is 12.8. The predicted molar refractivity (Wildman–Crippen MR) is 180 cm³/mol. The summed E-state index contributed by atoms with van der Waals surface area (Å²) < 4.78 is 24.8. The molecule has 0 amide bonds. The van der Waals surface area contributed by atoms with E-state index in [0.29, 0.717) is 54.7 Å². The topological polar surface area (TPSA) is 136 Å². The first kappa shape index (κ1) is 29.9. The summed E-state index contributed by atoms with van der Waals surface area (Å²) in [6.07, 6.45) is 6.90. The zero-order chi connectivity index (χ0) is 33.1. The number of nitrogens with zero attached hydrogens (tertiary/aromatic N) is 6. The first-order chi connectivity index (χ1) is 24.0. The maximum Gasteiger partial charge on any atom is 0.326 e. The van der Waals surface area contributed by atoms with Crippen LogP contribution in [0.5, 0.6) is 5.88 Å². The van der Waals surface area contributed by atoms with Crippen LogP contribution in [0.1, 0.15) is 49.1 Å². The number of morpholine rings is 1. The molecule has 4 aliphatic rings. The minimum Gasteiger partial charge on any atom is -0.480 e. The minimum absolute atomic E-state index is 0.0178. The van der Waals surface area contributed by atoms with Crippen molar-refractivity contribution in [2.45, 2.75) is 55.9 Å². The van der Waals surface area contributed by atoms with Gasteiger partial charge in [0, 0.05) is 54.0 Å². The molecule has 1 aliphatic carbocycles. The molecule has 3 aliphatic heterocycles. The molecule has 0 unspecified atom stereocenters. The first-order valence-corrected chi connectivity index (χ1v) is 16.7.